The number of rotatable bonds is 5. The molecule has 1 aromatic carbocycles. The van der Waals surface area contributed by atoms with Crippen molar-refractivity contribution in [2.75, 3.05) is 12.3 Å². The SMILES string of the molecule is Cc1ccc2c(N)c(C(=O)NCCc3ccc(C4CCCCC4)c(F)c3)sc2n1. The van der Waals surface area contributed by atoms with Gasteiger partial charge in [-0.05, 0) is 61.4 Å². The predicted molar refractivity (Wildman–Crippen MR) is 117 cm³/mol. The smallest absolute Gasteiger partial charge is 0.263 e. The van der Waals surface area contributed by atoms with Gasteiger partial charge in [0.2, 0.25) is 0 Å². The molecule has 0 atom stereocenters. The van der Waals surface area contributed by atoms with Gasteiger partial charge in [-0.15, -0.1) is 11.3 Å². The minimum Gasteiger partial charge on any atom is -0.397 e. The van der Waals surface area contributed by atoms with Gasteiger partial charge in [-0.25, -0.2) is 9.37 Å². The van der Waals surface area contributed by atoms with E-state index in [4.69, 9.17) is 5.73 Å². The monoisotopic (exact) mass is 411 g/mol. The fourth-order valence-electron chi connectivity index (χ4n) is 4.13. The summed E-state index contributed by atoms with van der Waals surface area (Å²) in [6.45, 7) is 2.34. The number of hydrogen-bond acceptors (Lipinski definition) is 4. The van der Waals surface area contributed by atoms with Crippen molar-refractivity contribution in [3.8, 4) is 0 Å². The molecule has 4 rings (SSSR count). The first-order valence-electron chi connectivity index (χ1n) is 10.2. The summed E-state index contributed by atoms with van der Waals surface area (Å²) in [5.74, 6) is 0.0315. The number of hydrogen-bond donors (Lipinski definition) is 2. The van der Waals surface area contributed by atoms with Gasteiger partial charge >= 0.3 is 0 Å². The van der Waals surface area contributed by atoms with Crippen molar-refractivity contribution in [3.05, 3.63) is 57.8 Å². The first-order valence-corrected chi connectivity index (χ1v) is 11.1. The Morgan fingerprint density at radius 1 is 1.24 bits per heavy atom. The van der Waals surface area contributed by atoms with Gasteiger partial charge in [0.05, 0.1) is 5.69 Å². The summed E-state index contributed by atoms with van der Waals surface area (Å²) in [6.07, 6.45) is 6.38. The Hall–Kier alpha value is -2.47. The maximum Gasteiger partial charge on any atom is 0.263 e. The number of carbonyl (C=O) groups is 1. The van der Waals surface area contributed by atoms with Crippen molar-refractivity contribution in [1.82, 2.24) is 10.3 Å². The lowest BCUT2D eigenvalue weighted by Crippen LogP contribution is -2.25. The van der Waals surface area contributed by atoms with E-state index in [1.807, 2.05) is 31.2 Å². The average molecular weight is 412 g/mol. The van der Waals surface area contributed by atoms with Crippen LogP contribution in [-0.2, 0) is 6.42 Å². The molecular weight excluding hydrogens is 385 g/mol. The van der Waals surface area contributed by atoms with E-state index in [-0.39, 0.29) is 11.7 Å². The number of pyridine rings is 1. The summed E-state index contributed by atoms with van der Waals surface area (Å²) in [5.41, 5.74) is 9.24. The highest BCUT2D eigenvalue weighted by atomic mass is 32.1. The van der Waals surface area contributed by atoms with Gasteiger partial charge in [-0.2, -0.15) is 0 Å². The fourth-order valence-corrected chi connectivity index (χ4v) is 5.19. The van der Waals surface area contributed by atoms with Crippen LogP contribution in [0.15, 0.2) is 30.3 Å². The van der Waals surface area contributed by atoms with Gasteiger partial charge < -0.3 is 11.1 Å². The molecule has 2 aromatic heterocycles. The summed E-state index contributed by atoms with van der Waals surface area (Å²) in [6, 6.07) is 9.33. The largest absolute Gasteiger partial charge is 0.397 e. The van der Waals surface area contributed by atoms with E-state index in [1.165, 1.54) is 30.6 Å². The van der Waals surface area contributed by atoms with Crippen LogP contribution in [0.3, 0.4) is 0 Å². The molecule has 152 valence electrons. The normalized spacial score (nSPS) is 15.0. The Kier molecular flexibility index (Phi) is 5.81. The number of carbonyl (C=O) groups excluding carboxylic acids is 1. The van der Waals surface area contributed by atoms with E-state index < -0.39 is 0 Å². The van der Waals surface area contributed by atoms with Crippen molar-refractivity contribution in [3.63, 3.8) is 0 Å². The molecule has 1 amide bonds. The molecule has 29 heavy (non-hydrogen) atoms. The molecule has 1 aliphatic carbocycles. The number of benzene rings is 1. The Bertz CT molecular complexity index is 1040. The van der Waals surface area contributed by atoms with Crippen molar-refractivity contribution >= 4 is 33.1 Å². The van der Waals surface area contributed by atoms with Crippen molar-refractivity contribution in [2.24, 2.45) is 0 Å². The van der Waals surface area contributed by atoms with E-state index in [1.54, 1.807) is 6.07 Å². The van der Waals surface area contributed by atoms with Crippen molar-refractivity contribution in [1.29, 1.82) is 0 Å². The number of nitrogens with one attached hydrogen (secondary N) is 1. The first kappa shape index (κ1) is 19.8. The zero-order valence-electron chi connectivity index (χ0n) is 16.6. The minimum atomic E-state index is -0.206. The number of amides is 1. The molecule has 0 saturated heterocycles. The molecule has 0 aliphatic heterocycles. The summed E-state index contributed by atoms with van der Waals surface area (Å²) in [7, 11) is 0. The van der Waals surface area contributed by atoms with Crippen LogP contribution in [0.5, 0.6) is 0 Å². The van der Waals surface area contributed by atoms with Gasteiger partial charge in [-0.1, -0.05) is 31.4 Å². The van der Waals surface area contributed by atoms with Crippen LogP contribution in [-0.4, -0.2) is 17.4 Å². The molecule has 0 bridgehead atoms. The van der Waals surface area contributed by atoms with Crippen molar-refractivity contribution in [2.45, 2.75) is 51.4 Å². The summed E-state index contributed by atoms with van der Waals surface area (Å²) < 4.78 is 14.6. The van der Waals surface area contributed by atoms with Crippen LogP contribution in [0.2, 0.25) is 0 Å². The molecule has 1 fully saturated rings. The number of halogens is 1. The van der Waals surface area contributed by atoms with Crippen LogP contribution >= 0.6 is 11.3 Å². The second-order valence-corrected chi connectivity index (χ2v) is 8.85. The highest BCUT2D eigenvalue weighted by Gasteiger charge is 2.19. The summed E-state index contributed by atoms with van der Waals surface area (Å²) in [5, 5.41) is 3.71. The number of nitrogen functional groups attached to an aromatic ring is 1. The molecule has 1 aliphatic rings. The molecule has 6 heteroatoms. The predicted octanol–water partition coefficient (Wildman–Crippen LogP) is 5.35. The molecule has 0 spiro atoms. The Morgan fingerprint density at radius 3 is 2.79 bits per heavy atom. The highest BCUT2D eigenvalue weighted by Crippen LogP contribution is 2.34. The number of aryl methyl sites for hydroxylation is 1. The van der Waals surface area contributed by atoms with Crippen LogP contribution < -0.4 is 11.1 Å². The summed E-state index contributed by atoms with van der Waals surface area (Å²) >= 11 is 1.30. The lowest BCUT2D eigenvalue weighted by atomic mass is 9.83. The van der Waals surface area contributed by atoms with E-state index in [0.717, 1.165) is 39.9 Å². The molecule has 0 radical (unpaired) electrons. The number of fused-ring (bicyclic) bond motifs is 1. The van der Waals surface area contributed by atoms with Gasteiger partial charge in [0, 0.05) is 17.6 Å². The second-order valence-electron chi connectivity index (χ2n) is 7.85. The van der Waals surface area contributed by atoms with Gasteiger partial charge in [0.25, 0.3) is 5.91 Å². The lowest BCUT2D eigenvalue weighted by molar-refractivity contribution is 0.0959. The zero-order valence-corrected chi connectivity index (χ0v) is 17.4. The topological polar surface area (TPSA) is 68.0 Å². The quantitative estimate of drug-likeness (QED) is 0.595. The van der Waals surface area contributed by atoms with E-state index in [2.05, 4.69) is 10.3 Å². The minimum absolute atomic E-state index is 0.115. The van der Waals surface area contributed by atoms with Gasteiger partial charge in [0.1, 0.15) is 15.5 Å². The Labute approximate surface area is 174 Å². The molecule has 3 aromatic rings. The fraction of sp³-hybridized carbons (Fsp3) is 0.391. The third-order valence-corrected chi connectivity index (χ3v) is 6.86. The van der Waals surface area contributed by atoms with E-state index in [0.29, 0.717) is 29.4 Å². The average Bonchev–Trinajstić information content (AvgIpc) is 3.04. The number of nitrogens with two attached hydrogens (primary N) is 1. The summed E-state index contributed by atoms with van der Waals surface area (Å²) in [4.78, 5) is 18.3. The number of aromatic nitrogens is 1. The van der Waals surface area contributed by atoms with Crippen LogP contribution in [0.4, 0.5) is 10.1 Å². The second kappa shape index (κ2) is 8.49. The first-order chi connectivity index (χ1) is 14.0. The van der Waals surface area contributed by atoms with E-state index >= 15 is 0 Å². The number of nitrogens with zero attached hydrogens (tertiary/aromatic N) is 1. The van der Waals surface area contributed by atoms with Crippen LogP contribution in [0.25, 0.3) is 10.2 Å². The Morgan fingerprint density at radius 2 is 2.03 bits per heavy atom. The highest BCUT2D eigenvalue weighted by molar-refractivity contribution is 7.21. The lowest BCUT2D eigenvalue weighted by Gasteiger charge is -2.22. The molecule has 3 N–H and O–H groups in total. The van der Waals surface area contributed by atoms with Crippen molar-refractivity contribution < 1.29 is 9.18 Å². The molecular formula is C23H26FN3OS. The number of thiophene rings is 1. The van der Waals surface area contributed by atoms with Gasteiger partial charge in [0.15, 0.2) is 0 Å². The molecule has 0 unspecified atom stereocenters. The maximum absolute atomic E-state index is 14.6. The molecule has 1 saturated carbocycles. The Balaban J connectivity index is 1.38. The third-order valence-electron chi connectivity index (χ3n) is 5.75. The maximum atomic E-state index is 14.6. The van der Waals surface area contributed by atoms with Crippen LogP contribution in [0.1, 0.15) is 64.5 Å². The molecule has 4 nitrogen and oxygen atoms in total. The van der Waals surface area contributed by atoms with Crippen LogP contribution in [0, 0.1) is 12.7 Å². The zero-order chi connectivity index (χ0) is 20.4. The standard InChI is InChI=1S/C23H26FN3OS/c1-14-7-9-18-20(25)21(29-23(18)27-14)22(28)26-12-11-15-8-10-17(19(24)13-15)16-5-3-2-4-6-16/h7-10,13,16H,2-6,11-12,25H2,1H3,(H,26,28). The van der Waals surface area contributed by atoms with Gasteiger partial charge in [-0.3, -0.25) is 4.79 Å². The number of anilines is 1. The third kappa shape index (κ3) is 4.27. The molecule has 2 heterocycles. The van der Waals surface area contributed by atoms with E-state index in [9.17, 15) is 9.18 Å².